The predicted molar refractivity (Wildman–Crippen MR) is 52.8 cm³/mol. The fourth-order valence-electron chi connectivity index (χ4n) is 1.93. The molecule has 1 rings (SSSR count). The van der Waals surface area contributed by atoms with Crippen molar-refractivity contribution in [1.82, 2.24) is 0 Å². The monoisotopic (exact) mass is 198 g/mol. The van der Waals surface area contributed by atoms with E-state index in [1.54, 1.807) is 0 Å². The average molecular weight is 198 g/mol. The maximum Gasteiger partial charge on any atom is 0.305 e. The molecule has 0 amide bonds. The van der Waals surface area contributed by atoms with Gasteiger partial charge in [0.15, 0.2) is 0 Å². The Labute approximate surface area is 84.8 Å². The molecule has 1 aliphatic carbocycles. The van der Waals surface area contributed by atoms with Gasteiger partial charge in [0.25, 0.3) is 0 Å². The molecule has 0 radical (unpaired) electrons. The highest BCUT2D eigenvalue weighted by Crippen LogP contribution is 2.23. The van der Waals surface area contributed by atoms with Gasteiger partial charge >= 0.3 is 5.97 Å². The van der Waals surface area contributed by atoms with Gasteiger partial charge in [-0.05, 0) is 19.3 Å². The minimum Gasteiger partial charge on any atom is -0.469 e. The van der Waals surface area contributed by atoms with E-state index in [9.17, 15) is 9.59 Å². The van der Waals surface area contributed by atoms with Crippen LogP contribution >= 0.6 is 0 Å². The summed E-state index contributed by atoms with van der Waals surface area (Å²) < 4.78 is 4.56. The molecule has 0 bridgehead atoms. The molecule has 0 unspecified atom stereocenters. The van der Waals surface area contributed by atoms with E-state index in [2.05, 4.69) is 4.74 Å². The summed E-state index contributed by atoms with van der Waals surface area (Å²) >= 11 is 0. The van der Waals surface area contributed by atoms with Gasteiger partial charge in [-0.2, -0.15) is 0 Å². The first-order valence-electron chi connectivity index (χ1n) is 5.33. The first-order valence-corrected chi connectivity index (χ1v) is 5.33. The van der Waals surface area contributed by atoms with Gasteiger partial charge in [-0.25, -0.2) is 0 Å². The van der Waals surface area contributed by atoms with Crippen molar-refractivity contribution in [2.75, 3.05) is 7.11 Å². The molecule has 0 aliphatic heterocycles. The minimum absolute atomic E-state index is 0.108. The van der Waals surface area contributed by atoms with Crippen LogP contribution in [0.25, 0.3) is 0 Å². The molecule has 80 valence electrons. The fourth-order valence-corrected chi connectivity index (χ4v) is 1.93. The van der Waals surface area contributed by atoms with Gasteiger partial charge in [0.2, 0.25) is 0 Å². The maximum absolute atomic E-state index is 11.6. The molecule has 3 nitrogen and oxygen atoms in total. The second-order valence-electron chi connectivity index (χ2n) is 3.88. The molecule has 0 heterocycles. The molecule has 1 atom stereocenters. The summed E-state index contributed by atoms with van der Waals surface area (Å²) in [6.07, 6.45) is 6.01. The largest absolute Gasteiger partial charge is 0.469 e. The smallest absolute Gasteiger partial charge is 0.305 e. The van der Waals surface area contributed by atoms with Gasteiger partial charge in [-0.3, -0.25) is 9.59 Å². The maximum atomic E-state index is 11.6. The molecule has 14 heavy (non-hydrogen) atoms. The zero-order chi connectivity index (χ0) is 10.4. The molecule has 1 fully saturated rings. The van der Waals surface area contributed by atoms with Crippen LogP contribution < -0.4 is 0 Å². The van der Waals surface area contributed by atoms with Crippen LogP contribution in [0.2, 0.25) is 0 Å². The highest BCUT2D eigenvalue weighted by atomic mass is 16.5. The van der Waals surface area contributed by atoms with E-state index < -0.39 is 0 Å². The van der Waals surface area contributed by atoms with Crippen molar-refractivity contribution in [2.24, 2.45) is 5.92 Å². The molecule has 0 aromatic rings. The molecular formula is C11H18O3. The van der Waals surface area contributed by atoms with E-state index in [0.717, 1.165) is 25.7 Å². The van der Waals surface area contributed by atoms with Gasteiger partial charge in [-0.1, -0.05) is 12.8 Å². The van der Waals surface area contributed by atoms with Crippen LogP contribution in [0.1, 0.15) is 44.9 Å². The number of hydrogen-bond acceptors (Lipinski definition) is 3. The van der Waals surface area contributed by atoms with Crippen LogP contribution in [0.4, 0.5) is 0 Å². The van der Waals surface area contributed by atoms with Crippen LogP contribution in [0.15, 0.2) is 0 Å². The Kier molecular flexibility index (Phi) is 4.63. The molecular weight excluding hydrogens is 180 g/mol. The lowest BCUT2D eigenvalue weighted by Gasteiger charge is -2.11. The molecule has 0 saturated heterocycles. The van der Waals surface area contributed by atoms with E-state index in [4.69, 9.17) is 0 Å². The van der Waals surface area contributed by atoms with Crippen molar-refractivity contribution in [3.8, 4) is 0 Å². The third-order valence-electron chi connectivity index (χ3n) is 2.86. The number of hydrogen-bond donors (Lipinski definition) is 0. The standard InChI is InChI=1S/C11H18O3/c1-14-11(13)8-7-9-5-3-2-4-6-10(9)12/h9H,2-8H2,1H3/t9-/m0/s1. The second kappa shape index (κ2) is 5.78. The summed E-state index contributed by atoms with van der Waals surface area (Å²) in [6, 6.07) is 0. The second-order valence-corrected chi connectivity index (χ2v) is 3.88. The number of esters is 1. The molecule has 1 aliphatic rings. The number of methoxy groups -OCH3 is 1. The fraction of sp³-hybridized carbons (Fsp3) is 0.818. The molecule has 0 aromatic heterocycles. The summed E-state index contributed by atoms with van der Waals surface area (Å²) in [7, 11) is 1.39. The van der Waals surface area contributed by atoms with Crippen LogP contribution in [-0.4, -0.2) is 18.9 Å². The number of ketones is 1. The van der Waals surface area contributed by atoms with Crippen LogP contribution in [-0.2, 0) is 14.3 Å². The van der Waals surface area contributed by atoms with Crippen molar-refractivity contribution in [2.45, 2.75) is 44.9 Å². The topological polar surface area (TPSA) is 43.4 Å². The molecule has 0 aromatic carbocycles. The van der Waals surface area contributed by atoms with Crippen LogP contribution in [0, 0.1) is 5.92 Å². The number of ether oxygens (including phenoxy) is 1. The summed E-state index contributed by atoms with van der Waals surface area (Å²) in [5, 5.41) is 0. The zero-order valence-electron chi connectivity index (χ0n) is 8.75. The van der Waals surface area contributed by atoms with Gasteiger partial charge in [0, 0.05) is 18.8 Å². The molecule has 0 spiro atoms. The minimum atomic E-state index is -0.206. The first kappa shape index (κ1) is 11.2. The van der Waals surface area contributed by atoms with Crippen LogP contribution in [0.3, 0.4) is 0 Å². The van der Waals surface area contributed by atoms with Crippen LogP contribution in [0.5, 0.6) is 0 Å². The Hall–Kier alpha value is -0.860. The summed E-state index contributed by atoms with van der Waals surface area (Å²) in [6.45, 7) is 0. The van der Waals surface area contributed by atoms with Crippen molar-refractivity contribution >= 4 is 11.8 Å². The third-order valence-corrected chi connectivity index (χ3v) is 2.86. The SMILES string of the molecule is COC(=O)CC[C@@H]1CCCCCC1=O. The van der Waals surface area contributed by atoms with Gasteiger partial charge in [0.1, 0.15) is 5.78 Å². The van der Waals surface area contributed by atoms with E-state index in [1.165, 1.54) is 7.11 Å². The highest BCUT2D eigenvalue weighted by Gasteiger charge is 2.21. The quantitative estimate of drug-likeness (QED) is 0.515. The van der Waals surface area contributed by atoms with E-state index >= 15 is 0 Å². The Morgan fingerprint density at radius 2 is 2.21 bits per heavy atom. The number of Topliss-reactive ketones (excluding diaryl/α,β-unsaturated/α-hetero) is 1. The van der Waals surface area contributed by atoms with Gasteiger partial charge in [-0.15, -0.1) is 0 Å². The van der Waals surface area contributed by atoms with Crippen molar-refractivity contribution < 1.29 is 14.3 Å². The number of carbonyl (C=O) groups excluding carboxylic acids is 2. The Morgan fingerprint density at radius 3 is 2.93 bits per heavy atom. The van der Waals surface area contributed by atoms with Gasteiger partial charge in [0.05, 0.1) is 7.11 Å². The first-order chi connectivity index (χ1) is 6.74. The number of carbonyl (C=O) groups is 2. The molecule has 3 heteroatoms. The third kappa shape index (κ3) is 3.48. The van der Waals surface area contributed by atoms with E-state index in [-0.39, 0.29) is 11.9 Å². The van der Waals surface area contributed by atoms with Crippen molar-refractivity contribution in [3.63, 3.8) is 0 Å². The van der Waals surface area contributed by atoms with Crippen molar-refractivity contribution in [1.29, 1.82) is 0 Å². The zero-order valence-corrected chi connectivity index (χ0v) is 8.75. The summed E-state index contributed by atoms with van der Waals surface area (Å²) in [5.74, 6) is 0.241. The van der Waals surface area contributed by atoms with E-state index in [0.29, 0.717) is 25.0 Å². The lowest BCUT2D eigenvalue weighted by molar-refractivity contribution is -0.141. The lowest BCUT2D eigenvalue weighted by Crippen LogP contribution is -2.14. The number of rotatable bonds is 3. The lowest BCUT2D eigenvalue weighted by atomic mass is 9.94. The Balaban J connectivity index is 2.33. The summed E-state index contributed by atoms with van der Waals surface area (Å²) in [5.41, 5.74) is 0. The van der Waals surface area contributed by atoms with E-state index in [1.807, 2.05) is 0 Å². The van der Waals surface area contributed by atoms with Gasteiger partial charge < -0.3 is 4.74 Å². The normalized spacial score (nSPS) is 22.9. The summed E-state index contributed by atoms with van der Waals surface area (Å²) in [4.78, 5) is 22.5. The Morgan fingerprint density at radius 1 is 1.43 bits per heavy atom. The van der Waals surface area contributed by atoms with Crippen molar-refractivity contribution in [3.05, 3.63) is 0 Å². The predicted octanol–water partition coefficient (Wildman–Crippen LogP) is 2.09. The average Bonchev–Trinajstić information content (AvgIpc) is 2.39. The molecule has 1 saturated carbocycles. The Bertz CT molecular complexity index is 211. The highest BCUT2D eigenvalue weighted by molar-refractivity contribution is 5.81. The molecule has 0 N–H and O–H groups in total.